The average Bonchev–Trinajstić information content (AvgIpc) is 2.30. The number of hydrogen-bond acceptors (Lipinski definition) is 4. The Hall–Kier alpha value is -1.69. The Balaban J connectivity index is 2.16. The molecule has 104 valence electrons. The van der Waals surface area contributed by atoms with Crippen molar-refractivity contribution in [2.45, 2.75) is 44.9 Å². The van der Waals surface area contributed by atoms with Gasteiger partial charge in [0.05, 0.1) is 23.2 Å². The molecule has 2 rings (SSSR count). The van der Waals surface area contributed by atoms with Crippen LogP contribution in [0.15, 0.2) is 18.2 Å². The van der Waals surface area contributed by atoms with Crippen LogP contribution in [0.1, 0.15) is 26.7 Å². The Labute approximate surface area is 110 Å². The highest BCUT2D eigenvalue weighted by Gasteiger charge is 2.26. The third-order valence-electron chi connectivity index (χ3n) is 3.21. The van der Waals surface area contributed by atoms with Gasteiger partial charge in [-0.15, -0.1) is 0 Å². The standard InChI is InChI=1S/C13H17FN2O3/c1-8-5-11(6-9(2)19-8)15-12-4-3-10(14)7-13(12)16(17)18/h3-4,7-9,11,15H,5-6H2,1-2H3. The number of nitro benzene ring substituents is 1. The fraction of sp³-hybridized carbons (Fsp3) is 0.538. The van der Waals surface area contributed by atoms with Gasteiger partial charge in [0, 0.05) is 6.04 Å². The SMILES string of the molecule is CC1CC(Nc2ccc(F)cc2[N+](=O)[O-])CC(C)O1. The minimum absolute atomic E-state index is 0.0999. The van der Waals surface area contributed by atoms with Crippen LogP contribution in [-0.2, 0) is 4.74 Å². The van der Waals surface area contributed by atoms with E-state index in [-0.39, 0.29) is 23.9 Å². The molecule has 0 spiro atoms. The van der Waals surface area contributed by atoms with Gasteiger partial charge in [0.2, 0.25) is 0 Å². The minimum atomic E-state index is -0.606. The minimum Gasteiger partial charge on any atom is -0.377 e. The van der Waals surface area contributed by atoms with Gasteiger partial charge in [-0.1, -0.05) is 0 Å². The summed E-state index contributed by atoms with van der Waals surface area (Å²) in [6.45, 7) is 3.95. The molecule has 6 heteroatoms. The quantitative estimate of drug-likeness (QED) is 0.675. The van der Waals surface area contributed by atoms with Crippen LogP contribution in [0, 0.1) is 15.9 Å². The second kappa shape index (κ2) is 5.52. The van der Waals surface area contributed by atoms with Crippen LogP contribution in [0.4, 0.5) is 15.8 Å². The van der Waals surface area contributed by atoms with Crippen molar-refractivity contribution in [2.24, 2.45) is 0 Å². The highest BCUT2D eigenvalue weighted by Crippen LogP contribution is 2.29. The second-order valence-electron chi connectivity index (χ2n) is 4.99. The molecule has 1 heterocycles. The molecule has 0 saturated carbocycles. The molecule has 19 heavy (non-hydrogen) atoms. The molecule has 5 nitrogen and oxygen atoms in total. The molecule has 1 aromatic rings. The fourth-order valence-corrected chi connectivity index (χ4v) is 2.52. The molecule has 0 bridgehead atoms. The third kappa shape index (κ3) is 3.41. The Morgan fingerprint density at radius 2 is 2.00 bits per heavy atom. The molecule has 0 aromatic heterocycles. The molecule has 1 saturated heterocycles. The van der Waals surface area contributed by atoms with Gasteiger partial charge in [-0.3, -0.25) is 10.1 Å². The third-order valence-corrected chi connectivity index (χ3v) is 3.21. The van der Waals surface area contributed by atoms with Crippen molar-refractivity contribution in [1.82, 2.24) is 0 Å². The summed E-state index contributed by atoms with van der Waals surface area (Å²) < 4.78 is 18.7. The summed E-state index contributed by atoms with van der Waals surface area (Å²) in [5.74, 6) is -0.606. The van der Waals surface area contributed by atoms with E-state index >= 15 is 0 Å². The van der Waals surface area contributed by atoms with Gasteiger partial charge in [0.15, 0.2) is 0 Å². The molecule has 1 aliphatic rings. The predicted molar refractivity (Wildman–Crippen MR) is 69.7 cm³/mol. The van der Waals surface area contributed by atoms with E-state index in [1.807, 2.05) is 13.8 Å². The highest BCUT2D eigenvalue weighted by atomic mass is 19.1. The molecule has 0 amide bonds. The van der Waals surface area contributed by atoms with E-state index in [1.165, 1.54) is 12.1 Å². The fourth-order valence-electron chi connectivity index (χ4n) is 2.52. The largest absolute Gasteiger partial charge is 0.377 e. The molecule has 1 aliphatic heterocycles. The molecule has 1 aromatic carbocycles. The summed E-state index contributed by atoms with van der Waals surface area (Å²) in [6, 6.07) is 3.68. The Kier molecular flexibility index (Phi) is 3.99. The summed E-state index contributed by atoms with van der Waals surface area (Å²) in [7, 11) is 0. The number of hydrogen-bond donors (Lipinski definition) is 1. The van der Waals surface area contributed by atoms with Gasteiger partial charge < -0.3 is 10.1 Å². The zero-order chi connectivity index (χ0) is 14.0. The number of halogens is 1. The van der Waals surface area contributed by atoms with E-state index in [0.717, 1.165) is 18.9 Å². The molecule has 1 fully saturated rings. The van der Waals surface area contributed by atoms with Crippen LogP contribution in [-0.4, -0.2) is 23.2 Å². The first-order valence-corrected chi connectivity index (χ1v) is 6.31. The lowest BCUT2D eigenvalue weighted by atomic mass is 9.99. The first-order chi connectivity index (χ1) is 8.95. The summed E-state index contributed by atoms with van der Waals surface area (Å²) in [6.07, 6.45) is 1.78. The topological polar surface area (TPSA) is 64.4 Å². The van der Waals surface area contributed by atoms with Gasteiger partial charge in [0.1, 0.15) is 11.5 Å². The van der Waals surface area contributed by atoms with Gasteiger partial charge in [-0.05, 0) is 38.8 Å². The lowest BCUT2D eigenvalue weighted by molar-refractivity contribution is -0.384. The summed E-state index contributed by atoms with van der Waals surface area (Å²) in [5, 5.41) is 14.0. The Morgan fingerprint density at radius 3 is 2.58 bits per heavy atom. The Morgan fingerprint density at radius 1 is 1.37 bits per heavy atom. The van der Waals surface area contributed by atoms with Crippen molar-refractivity contribution in [3.63, 3.8) is 0 Å². The van der Waals surface area contributed by atoms with E-state index in [9.17, 15) is 14.5 Å². The van der Waals surface area contributed by atoms with E-state index in [0.29, 0.717) is 5.69 Å². The van der Waals surface area contributed by atoms with Crippen LogP contribution < -0.4 is 5.32 Å². The second-order valence-corrected chi connectivity index (χ2v) is 4.99. The van der Waals surface area contributed by atoms with Gasteiger partial charge >= 0.3 is 0 Å². The summed E-state index contributed by atoms with van der Waals surface area (Å²) >= 11 is 0. The number of rotatable bonds is 3. The van der Waals surface area contributed by atoms with E-state index in [1.54, 1.807) is 0 Å². The maximum absolute atomic E-state index is 13.1. The zero-order valence-electron chi connectivity index (χ0n) is 10.9. The zero-order valence-corrected chi connectivity index (χ0v) is 10.9. The van der Waals surface area contributed by atoms with E-state index < -0.39 is 10.7 Å². The van der Waals surface area contributed by atoms with Crippen molar-refractivity contribution >= 4 is 11.4 Å². The van der Waals surface area contributed by atoms with Crippen LogP contribution in [0.2, 0.25) is 0 Å². The average molecular weight is 268 g/mol. The highest BCUT2D eigenvalue weighted by molar-refractivity contribution is 5.61. The van der Waals surface area contributed by atoms with Crippen LogP contribution in [0.5, 0.6) is 0 Å². The van der Waals surface area contributed by atoms with Crippen molar-refractivity contribution in [3.8, 4) is 0 Å². The van der Waals surface area contributed by atoms with Crippen LogP contribution >= 0.6 is 0 Å². The maximum atomic E-state index is 13.1. The van der Waals surface area contributed by atoms with Crippen molar-refractivity contribution in [1.29, 1.82) is 0 Å². The van der Waals surface area contributed by atoms with Crippen molar-refractivity contribution < 1.29 is 14.1 Å². The monoisotopic (exact) mass is 268 g/mol. The molecule has 2 unspecified atom stereocenters. The molecule has 0 aliphatic carbocycles. The van der Waals surface area contributed by atoms with Crippen molar-refractivity contribution in [2.75, 3.05) is 5.32 Å². The van der Waals surface area contributed by atoms with Crippen LogP contribution in [0.25, 0.3) is 0 Å². The number of anilines is 1. The number of ether oxygens (including phenoxy) is 1. The van der Waals surface area contributed by atoms with Gasteiger partial charge in [0.25, 0.3) is 5.69 Å². The Bertz CT molecular complexity index is 471. The van der Waals surface area contributed by atoms with Gasteiger partial charge in [-0.25, -0.2) is 4.39 Å². The maximum Gasteiger partial charge on any atom is 0.295 e. The van der Waals surface area contributed by atoms with E-state index in [2.05, 4.69) is 5.32 Å². The number of nitrogens with one attached hydrogen (secondary N) is 1. The van der Waals surface area contributed by atoms with Crippen LogP contribution in [0.3, 0.4) is 0 Å². The first kappa shape index (κ1) is 13.7. The number of benzene rings is 1. The molecule has 2 atom stereocenters. The molecular formula is C13H17FN2O3. The molecular weight excluding hydrogens is 251 g/mol. The summed E-state index contributed by atoms with van der Waals surface area (Å²) in [5.41, 5.74) is 0.129. The summed E-state index contributed by atoms with van der Waals surface area (Å²) in [4.78, 5) is 10.3. The molecule has 0 radical (unpaired) electrons. The first-order valence-electron chi connectivity index (χ1n) is 6.31. The number of nitrogens with zero attached hydrogens (tertiary/aromatic N) is 1. The smallest absolute Gasteiger partial charge is 0.295 e. The normalized spacial score (nSPS) is 27.0. The predicted octanol–water partition coefficient (Wildman–Crippen LogP) is 3.10. The number of nitro groups is 1. The lowest BCUT2D eigenvalue weighted by Crippen LogP contribution is -2.37. The molecule has 1 N–H and O–H groups in total. The lowest BCUT2D eigenvalue weighted by Gasteiger charge is -2.33. The van der Waals surface area contributed by atoms with E-state index in [4.69, 9.17) is 4.74 Å². The van der Waals surface area contributed by atoms with Gasteiger partial charge in [-0.2, -0.15) is 0 Å². The van der Waals surface area contributed by atoms with Crippen molar-refractivity contribution in [3.05, 3.63) is 34.1 Å².